The fourth-order valence-corrected chi connectivity index (χ4v) is 2.16. The average Bonchev–Trinajstić information content (AvgIpc) is 2.31. The van der Waals surface area contributed by atoms with Gasteiger partial charge in [-0.2, -0.15) is 0 Å². The lowest BCUT2D eigenvalue weighted by Crippen LogP contribution is -2.29. The summed E-state index contributed by atoms with van der Waals surface area (Å²) < 4.78 is 6.08. The summed E-state index contributed by atoms with van der Waals surface area (Å²) in [5.41, 5.74) is 7.71. The van der Waals surface area contributed by atoms with Crippen molar-refractivity contribution >= 4 is 38.8 Å². The van der Waals surface area contributed by atoms with Gasteiger partial charge >= 0.3 is 0 Å². The second kappa shape index (κ2) is 6.93. The van der Waals surface area contributed by atoms with E-state index in [1.165, 1.54) is 0 Å². The molecule has 1 aromatic rings. The highest BCUT2D eigenvalue weighted by atomic mass is 79.9. The van der Waals surface area contributed by atoms with Gasteiger partial charge in [-0.3, -0.25) is 0 Å². The summed E-state index contributed by atoms with van der Waals surface area (Å²) in [5.74, 6) is 0. The molecule has 1 rings (SSSR count). The van der Waals surface area contributed by atoms with Crippen LogP contribution in [-0.2, 0) is 4.74 Å². The van der Waals surface area contributed by atoms with Gasteiger partial charge in [-0.15, -0.1) is 0 Å². The minimum Gasteiger partial charge on any atom is -0.389 e. The number of ether oxygens (including phenoxy) is 1. The second-order valence-corrected chi connectivity index (χ2v) is 4.95. The molecule has 2 N–H and O–H groups in total. The Bertz CT molecular complexity index is 398. The van der Waals surface area contributed by atoms with E-state index in [0.29, 0.717) is 11.6 Å². The van der Waals surface area contributed by atoms with Gasteiger partial charge in [0.15, 0.2) is 0 Å². The van der Waals surface area contributed by atoms with Gasteiger partial charge in [0, 0.05) is 35.9 Å². The first-order valence-corrected chi connectivity index (χ1v) is 6.63. The van der Waals surface area contributed by atoms with Crippen molar-refractivity contribution in [3.63, 3.8) is 0 Å². The zero-order valence-electron chi connectivity index (χ0n) is 10.1. The molecule has 0 saturated heterocycles. The largest absolute Gasteiger partial charge is 0.389 e. The van der Waals surface area contributed by atoms with Crippen molar-refractivity contribution in [1.29, 1.82) is 0 Å². The van der Waals surface area contributed by atoms with Crippen molar-refractivity contribution in [2.45, 2.75) is 6.92 Å². The Morgan fingerprint density at radius 2 is 2.24 bits per heavy atom. The van der Waals surface area contributed by atoms with Crippen LogP contribution in [0, 0.1) is 0 Å². The van der Waals surface area contributed by atoms with Crippen molar-refractivity contribution in [2.75, 3.05) is 31.7 Å². The molecule has 0 spiro atoms. The Kier molecular flexibility index (Phi) is 5.88. The molecule has 5 heteroatoms. The van der Waals surface area contributed by atoms with E-state index >= 15 is 0 Å². The predicted octanol–water partition coefficient (Wildman–Crippen LogP) is 2.56. The summed E-state index contributed by atoms with van der Waals surface area (Å²) in [4.78, 5) is 2.61. The molecule has 0 aliphatic carbocycles. The first kappa shape index (κ1) is 14.4. The number of likely N-dealkylation sites (N-methyl/N-ethyl adjacent to an activating group) is 1. The Hall–Kier alpha value is -0.650. The van der Waals surface area contributed by atoms with Crippen LogP contribution in [0.4, 0.5) is 5.69 Å². The highest BCUT2D eigenvalue weighted by Crippen LogP contribution is 2.24. The van der Waals surface area contributed by atoms with Gasteiger partial charge in [0.25, 0.3) is 0 Å². The summed E-state index contributed by atoms with van der Waals surface area (Å²) in [6.45, 7) is 4.49. The lowest BCUT2D eigenvalue weighted by molar-refractivity contribution is 0.205. The van der Waals surface area contributed by atoms with Crippen LogP contribution in [0.1, 0.15) is 12.5 Å². The molecular formula is C12H17BrN2OS. The van der Waals surface area contributed by atoms with Gasteiger partial charge in [0.1, 0.15) is 4.99 Å². The summed E-state index contributed by atoms with van der Waals surface area (Å²) in [5, 5.41) is 0. The maximum absolute atomic E-state index is 5.76. The van der Waals surface area contributed by atoms with Crippen molar-refractivity contribution < 1.29 is 4.74 Å². The lowest BCUT2D eigenvalue weighted by Gasteiger charge is -2.25. The number of hydrogen-bond donors (Lipinski definition) is 1. The summed E-state index contributed by atoms with van der Waals surface area (Å²) in [6, 6.07) is 5.97. The van der Waals surface area contributed by atoms with E-state index in [4.69, 9.17) is 22.7 Å². The first-order chi connectivity index (χ1) is 8.10. The van der Waals surface area contributed by atoms with E-state index in [9.17, 15) is 0 Å². The van der Waals surface area contributed by atoms with Crippen LogP contribution in [-0.4, -0.2) is 31.8 Å². The molecule has 94 valence electrons. The molecule has 0 fully saturated rings. The molecular weight excluding hydrogens is 300 g/mol. The fraction of sp³-hybridized carbons (Fsp3) is 0.417. The minimum atomic E-state index is 0.414. The summed E-state index contributed by atoms with van der Waals surface area (Å²) >= 11 is 8.52. The van der Waals surface area contributed by atoms with E-state index in [2.05, 4.69) is 27.8 Å². The molecule has 17 heavy (non-hydrogen) atoms. The van der Waals surface area contributed by atoms with Gasteiger partial charge in [-0.25, -0.2) is 0 Å². The number of anilines is 1. The number of benzene rings is 1. The Labute approximate surface area is 116 Å². The Balaban J connectivity index is 3.05. The van der Waals surface area contributed by atoms with E-state index in [-0.39, 0.29) is 0 Å². The highest BCUT2D eigenvalue weighted by Gasteiger charge is 2.11. The van der Waals surface area contributed by atoms with E-state index in [1.54, 1.807) is 7.11 Å². The quantitative estimate of drug-likeness (QED) is 0.819. The van der Waals surface area contributed by atoms with Crippen molar-refractivity contribution in [2.24, 2.45) is 5.73 Å². The van der Waals surface area contributed by atoms with E-state index in [1.807, 2.05) is 18.2 Å². The number of nitrogens with two attached hydrogens (primary N) is 1. The summed E-state index contributed by atoms with van der Waals surface area (Å²) in [6.07, 6.45) is 0. The van der Waals surface area contributed by atoms with Crippen LogP contribution in [0.3, 0.4) is 0 Å². The van der Waals surface area contributed by atoms with Crippen LogP contribution < -0.4 is 10.6 Å². The third-order valence-corrected chi connectivity index (χ3v) is 3.22. The third-order valence-electron chi connectivity index (χ3n) is 2.51. The van der Waals surface area contributed by atoms with Gasteiger partial charge in [0.2, 0.25) is 0 Å². The molecule has 0 aliphatic rings. The predicted molar refractivity (Wildman–Crippen MR) is 79.8 cm³/mol. The standard InChI is InChI=1S/C12H17BrN2OS/c1-3-15(6-7-16-2)11-5-4-9(13)8-10(11)12(14)17/h4-5,8H,3,6-7H2,1-2H3,(H2,14,17). The van der Waals surface area contributed by atoms with Crippen LogP contribution in [0.5, 0.6) is 0 Å². The van der Waals surface area contributed by atoms with Crippen molar-refractivity contribution in [3.8, 4) is 0 Å². The molecule has 3 nitrogen and oxygen atoms in total. The number of nitrogens with zero attached hydrogens (tertiary/aromatic N) is 1. The lowest BCUT2D eigenvalue weighted by atomic mass is 10.1. The molecule has 1 aromatic carbocycles. The van der Waals surface area contributed by atoms with Crippen LogP contribution in [0.25, 0.3) is 0 Å². The molecule has 0 atom stereocenters. The molecule has 0 heterocycles. The zero-order chi connectivity index (χ0) is 12.8. The second-order valence-electron chi connectivity index (χ2n) is 3.60. The molecule has 0 unspecified atom stereocenters. The average molecular weight is 317 g/mol. The molecule has 0 saturated carbocycles. The smallest absolute Gasteiger partial charge is 0.106 e. The van der Waals surface area contributed by atoms with E-state index in [0.717, 1.165) is 28.8 Å². The Morgan fingerprint density at radius 3 is 2.76 bits per heavy atom. The third kappa shape index (κ3) is 3.94. The fourth-order valence-electron chi connectivity index (χ4n) is 1.63. The number of thiocarbonyl (C=S) groups is 1. The molecule has 0 aliphatic heterocycles. The highest BCUT2D eigenvalue weighted by molar-refractivity contribution is 9.10. The number of methoxy groups -OCH3 is 1. The van der Waals surface area contributed by atoms with Gasteiger partial charge in [0.05, 0.1) is 6.61 Å². The Morgan fingerprint density at radius 1 is 1.53 bits per heavy atom. The molecule has 0 amide bonds. The van der Waals surface area contributed by atoms with Crippen molar-refractivity contribution in [3.05, 3.63) is 28.2 Å². The topological polar surface area (TPSA) is 38.5 Å². The van der Waals surface area contributed by atoms with Crippen LogP contribution in [0.2, 0.25) is 0 Å². The van der Waals surface area contributed by atoms with Crippen LogP contribution in [0.15, 0.2) is 22.7 Å². The normalized spacial score (nSPS) is 10.3. The van der Waals surface area contributed by atoms with Gasteiger partial charge in [-0.05, 0) is 25.1 Å². The number of rotatable bonds is 6. The SMILES string of the molecule is CCN(CCOC)c1ccc(Br)cc1C(N)=S. The number of hydrogen-bond acceptors (Lipinski definition) is 3. The number of halogens is 1. The van der Waals surface area contributed by atoms with Gasteiger partial charge < -0.3 is 15.4 Å². The molecule has 0 bridgehead atoms. The summed E-state index contributed by atoms with van der Waals surface area (Å²) in [7, 11) is 1.70. The molecule has 0 aromatic heterocycles. The van der Waals surface area contributed by atoms with Crippen molar-refractivity contribution in [1.82, 2.24) is 0 Å². The van der Waals surface area contributed by atoms with Crippen LogP contribution >= 0.6 is 28.1 Å². The monoisotopic (exact) mass is 316 g/mol. The maximum atomic E-state index is 5.76. The van der Waals surface area contributed by atoms with Gasteiger partial charge in [-0.1, -0.05) is 28.1 Å². The van der Waals surface area contributed by atoms with E-state index < -0.39 is 0 Å². The molecule has 0 radical (unpaired) electrons. The minimum absolute atomic E-state index is 0.414. The first-order valence-electron chi connectivity index (χ1n) is 5.43. The maximum Gasteiger partial charge on any atom is 0.106 e. The zero-order valence-corrected chi connectivity index (χ0v) is 12.5.